The summed E-state index contributed by atoms with van der Waals surface area (Å²) in [7, 11) is -2.25. The maximum absolute atomic E-state index is 11.4. The molecule has 108 valence electrons. The first-order valence-electron chi connectivity index (χ1n) is 5.87. The molecule has 0 spiro atoms. The second kappa shape index (κ2) is 6.69. The van der Waals surface area contributed by atoms with Gasteiger partial charge in [0.15, 0.2) is 0 Å². The largest absolute Gasteiger partial charge is 0.447 e. The van der Waals surface area contributed by atoms with E-state index in [4.69, 9.17) is 4.42 Å². The highest BCUT2D eigenvalue weighted by Crippen LogP contribution is 2.12. The highest BCUT2D eigenvalue weighted by Gasteiger charge is 2.16. The molecule has 1 rings (SSSR count). The van der Waals surface area contributed by atoms with Crippen molar-refractivity contribution >= 4 is 15.9 Å². The van der Waals surface area contributed by atoms with Crippen molar-refractivity contribution in [3.63, 3.8) is 0 Å². The molecule has 19 heavy (non-hydrogen) atoms. The van der Waals surface area contributed by atoms with E-state index < -0.39 is 10.0 Å². The van der Waals surface area contributed by atoms with E-state index in [0.29, 0.717) is 5.76 Å². The molecule has 1 amide bonds. The predicted molar refractivity (Wildman–Crippen MR) is 69.9 cm³/mol. The van der Waals surface area contributed by atoms with Crippen molar-refractivity contribution < 1.29 is 17.6 Å². The van der Waals surface area contributed by atoms with Crippen molar-refractivity contribution in [2.45, 2.75) is 31.5 Å². The van der Waals surface area contributed by atoms with Crippen LogP contribution in [0.1, 0.15) is 19.6 Å². The molecule has 0 bridgehead atoms. The van der Waals surface area contributed by atoms with Crippen molar-refractivity contribution in [3.05, 3.63) is 17.9 Å². The molecule has 7 nitrogen and oxygen atoms in total. The summed E-state index contributed by atoms with van der Waals surface area (Å²) in [5.74, 6) is 0.329. The van der Waals surface area contributed by atoms with Crippen molar-refractivity contribution in [2.24, 2.45) is 0 Å². The molecule has 0 aliphatic heterocycles. The van der Waals surface area contributed by atoms with Crippen LogP contribution in [0.3, 0.4) is 0 Å². The van der Waals surface area contributed by atoms with E-state index in [1.54, 1.807) is 6.07 Å². The number of rotatable bonds is 7. The van der Waals surface area contributed by atoms with Crippen LogP contribution in [0.2, 0.25) is 0 Å². The molecule has 0 atom stereocenters. The molecule has 3 N–H and O–H groups in total. The Hall–Kier alpha value is -1.38. The van der Waals surface area contributed by atoms with Crippen molar-refractivity contribution in [2.75, 3.05) is 13.6 Å². The van der Waals surface area contributed by atoms with Crippen LogP contribution in [-0.4, -0.2) is 34.0 Å². The minimum absolute atomic E-state index is 0.0882. The molecule has 8 heteroatoms. The highest BCUT2D eigenvalue weighted by atomic mass is 32.2. The van der Waals surface area contributed by atoms with Gasteiger partial charge in [-0.05, 0) is 33.0 Å². The molecule has 0 saturated heterocycles. The first-order valence-corrected chi connectivity index (χ1v) is 7.36. The van der Waals surface area contributed by atoms with Crippen LogP contribution in [0.15, 0.2) is 21.6 Å². The summed E-state index contributed by atoms with van der Waals surface area (Å²) in [6.07, 6.45) is 0. The van der Waals surface area contributed by atoms with E-state index in [0.717, 1.165) is 0 Å². The van der Waals surface area contributed by atoms with E-state index >= 15 is 0 Å². The fourth-order valence-corrected chi connectivity index (χ4v) is 2.04. The number of amides is 1. The minimum Gasteiger partial charge on any atom is -0.447 e. The van der Waals surface area contributed by atoms with Crippen molar-refractivity contribution in [1.82, 2.24) is 15.4 Å². The summed E-state index contributed by atoms with van der Waals surface area (Å²) >= 11 is 0. The van der Waals surface area contributed by atoms with Gasteiger partial charge in [-0.2, -0.15) is 0 Å². The van der Waals surface area contributed by atoms with Gasteiger partial charge >= 0.3 is 0 Å². The van der Waals surface area contributed by atoms with E-state index in [1.165, 1.54) is 13.1 Å². The highest BCUT2D eigenvalue weighted by molar-refractivity contribution is 7.89. The van der Waals surface area contributed by atoms with Gasteiger partial charge in [0, 0.05) is 6.04 Å². The normalized spacial score (nSPS) is 11.8. The summed E-state index contributed by atoms with van der Waals surface area (Å²) in [4.78, 5) is 11.3. The monoisotopic (exact) mass is 289 g/mol. The molecule has 0 saturated carbocycles. The molecule has 0 aromatic carbocycles. The fourth-order valence-electron chi connectivity index (χ4n) is 1.37. The maximum Gasteiger partial charge on any atom is 0.273 e. The Labute approximate surface area is 112 Å². The first-order chi connectivity index (χ1) is 8.85. The fraction of sp³-hybridized carbons (Fsp3) is 0.545. The molecule has 0 aliphatic rings. The van der Waals surface area contributed by atoms with Gasteiger partial charge < -0.3 is 15.1 Å². The average Bonchev–Trinajstić information content (AvgIpc) is 2.77. The number of furan rings is 1. The average molecular weight is 289 g/mol. The second-order valence-corrected chi connectivity index (χ2v) is 6.07. The summed E-state index contributed by atoms with van der Waals surface area (Å²) in [5, 5.41) is 5.46. The Bertz CT molecular complexity index is 522. The molecule has 1 aromatic heterocycles. The number of sulfonamides is 1. The number of hydrogen-bond donors (Lipinski definition) is 3. The smallest absolute Gasteiger partial charge is 0.273 e. The molecule has 0 unspecified atom stereocenters. The number of carbonyl (C=O) groups is 1. The van der Waals surface area contributed by atoms with Gasteiger partial charge in [-0.3, -0.25) is 4.79 Å². The van der Waals surface area contributed by atoms with Crippen LogP contribution in [0.4, 0.5) is 0 Å². The Morgan fingerprint density at radius 3 is 2.63 bits per heavy atom. The van der Waals surface area contributed by atoms with Crippen LogP contribution in [0.5, 0.6) is 0 Å². The molecule has 1 heterocycles. The van der Waals surface area contributed by atoms with Crippen LogP contribution in [-0.2, 0) is 21.4 Å². The third kappa shape index (κ3) is 5.01. The summed E-state index contributed by atoms with van der Waals surface area (Å²) in [6.45, 7) is 4.18. The Kier molecular flexibility index (Phi) is 5.52. The molecule has 0 aliphatic carbocycles. The van der Waals surface area contributed by atoms with Gasteiger partial charge in [-0.25, -0.2) is 13.1 Å². The minimum atomic E-state index is -3.56. The predicted octanol–water partition coefficient (Wildman–Crippen LogP) is -0.198. The molecular weight excluding hydrogens is 270 g/mol. The van der Waals surface area contributed by atoms with Gasteiger partial charge in [0.1, 0.15) is 5.76 Å². The summed E-state index contributed by atoms with van der Waals surface area (Å²) < 4.78 is 30.2. The molecular formula is C11H19N3O4S. The number of nitrogens with one attached hydrogen (secondary N) is 3. The molecule has 0 radical (unpaired) electrons. The van der Waals surface area contributed by atoms with Crippen LogP contribution in [0, 0.1) is 0 Å². The first kappa shape index (κ1) is 15.7. The number of carbonyl (C=O) groups excluding carboxylic acids is 1. The lowest BCUT2D eigenvalue weighted by Crippen LogP contribution is -2.37. The molecule has 0 fully saturated rings. The third-order valence-electron chi connectivity index (χ3n) is 2.21. The standard InChI is InChI=1S/C11H19N3O4S/c1-8(2)14-10(15)7-13-6-9-4-5-11(18-9)19(16,17)12-3/h4-5,8,12-13H,6-7H2,1-3H3,(H,14,15). The Morgan fingerprint density at radius 1 is 1.37 bits per heavy atom. The van der Waals surface area contributed by atoms with Gasteiger partial charge in [0.25, 0.3) is 10.0 Å². The zero-order chi connectivity index (χ0) is 14.5. The van der Waals surface area contributed by atoms with Crippen LogP contribution in [0.25, 0.3) is 0 Å². The summed E-state index contributed by atoms with van der Waals surface area (Å²) in [6, 6.07) is 3.01. The van der Waals surface area contributed by atoms with Crippen LogP contribution >= 0.6 is 0 Å². The van der Waals surface area contributed by atoms with Gasteiger partial charge in [-0.15, -0.1) is 0 Å². The number of hydrogen-bond acceptors (Lipinski definition) is 5. The van der Waals surface area contributed by atoms with Gasteiger partial charge in [0.05, 0.1) is 13.1 Å². The van der Waals surface area contributed by atoms with E-state index in [2.05, 4.69) is 15.4 Å². The Balaban J connectivity index is 2.45. The van der Waals surface area contributed by atoms with E-state index in [9.17, 15) is 13.2 Å². The van der Waals surface area contributed by atoms with Gasteiger partial charge in [0.2, 0.25) is 11.0 Å². The maximum atomic E-state index is 11.4. The second-order valence-electron chi connectivity index (χ2n) is 4.25. The van der Waals surface area contributed by atoms with Crippen molar-refractivity contribution in [3.8, 4) is 0 Å². The van der Waals surface area contributed by atoms with Crippen molar-refractivity contribution in [1.29, 1.82) is 0 Å². The van der Waals surface area contributed by atoms with E-state index in [-0.39, 0.29) is 30.1 Å². The zero-order valence-corrected chi connectivity index (χ0v) is 12.0. The third-order valence-corrected chi connectivity index (χ3v) is 3.49. The van der Waals surface area contributed by atoms with E-state index in [1.807, 2.05) is 13.8 Å². The lowest BCUT2D eigenvalue weighted by atomic mass is 10.4. The lowest BCUT2D eigenvalue weighted by molar-refractivity contribution is -0.120. The lowest BCUT2D eigenvalue weighted by Gasteiger charge is -2.08. The SMILES string of the molecule is CNS(=O)(=O)c1ccc(CNCC(=O)NC(C)C)o1. The quantitative estimate of drug-likeness (QED) is 0.645. The zero-order valence-electron chi connectivity index (χ0n) is 11.2. The van der Waals surface area contributed by atoms with Crippen LogP contribution < -0.4 is 15.4 Å². The molecule has 1 aromatic rings. The topological polar surface area (TPSA) is 100 Å². The Morgan fingerprint density at radius 2 is 2.05 bits per heavy atom. The van der Waals surface area contributed by atoms with Gasteiger partial charge in [-0.1, -0.05) is 0 Å². The summed E-state index contributed by atoms with van der Waals surface area (Å²) in [5.41, 5.74) is 0.